The van der Waals surface area contributed by atoms with Gasteiger partial charge in [-0.05, 0) is 44.2 Å². The highest BCUT2D eigenvalue weighted by molar-refractivity contribution is 8.00. The van der Waals surface area contributed by atoms with Crippen molar-refractivity contribution in [3.8, 4) is 11.4 Å². The van der Waals surface area contributed by atoms with Gasteiger partial charge in [0.1, 0.15) is 10.3 Å². The van der Waals surface area contributed by atoms with Crippen LogP contribution in [0.4, 0.5) is 0 Å². The summed E-state index contributed by atoms with van der Waals surface area (Å²) in [6, 6.07) is 19.5. The molecule has 0 aliphatic carbocycles. The monoisotopic (exact) mass is 444 g/mol. The molecule has 0 radical (unpaired) electrons. The Morgan fingerprint density at radius 1 is 1.10 bits per heavy atom. The highest BCUT2D eigenvalue weighted by atomic mass is 35.5. The minimum Gasteiger partial charge on any atom is -0.465 e. The summed E-state index contributed by atoms with van der Waals surface area (Å²) in [6.07, 6.45) is 0. The third-order valence-electron chi connectivity index (χ3n) is 3.90. The van der Waals surface area contributed by atoms with Crippen molar-refractivity contribution in [2.75, 3.05) is 6.61 Å². The molecule has 0 fully saturated rings. The van der Waals surface area contributed by atoms with Gasteiger partial charge in [-0.3, -0.25) is 4.79 Å². The van der Waals surface area contributed by atoms with Crippen LogP contribution in [0.5, 0.6) is 0 Å². The number of carbonyl (C=O) groups is 1. The van der Waals surface area contributed by atoms with Gasteiger partial charge in [-0.25, -0.2) is 9.97 Å². The van der Waals surface area contributed by atoms with Gasteiger partial charge in [0, 0.05) is 21.2 Å². The van der Waals surface area contributed by atoms with E-state index in [1.807, 2.05) is 67.6 Å². The molecule has 0 aliphatic rings. The van der Waals surface area contributed by atoms with Gasteiger partial charge in [-0.2, -0.15) is 0 Å². The summed E-state index contributed by atoms with van der Waals surface area (Å²) >= 11 is 9.03. The van der Waals surface area contributed by atoms with Crippen LogP contribution in [0.3, 0.4) is 0 Å². The fraction of sp³-hybridized carbons (Fsp3) is 0.227. The highest BCUT2D eigenvalue weighted by Gasteiger charge is 2.18. The number of thioether (sulfide) groups is 2. The van der Waals surface area contributed by atoms with Gasteiger partial charge >= 0.3 is 5.97 Å². The summed E-state index contributed by atoms with van der Waals surface area (Å²) in [5.74, 6) is 1.10. The Hall–Kier alpha value is -2.02. The van der Waals surface area contributed by atoms with Crippen molar-refractivity contribution in [2.24, 2.45) is 0 Å². The number of hydrogen-bond acceptors (Lipinski definition) is 6. The Balaban J connectivity index is 1.84. The first kappa shape index (κ1) is 21.7. The Labute approximate surface area is 184 Å². The largest absolute Gasteiger partial charge is 0.465 e. The molecule has 0 bridgehead atoms. The molecular weight excluding hydrogens is 424 g/mol. The number of aromatic nitrogens is 2. The molecule has 2 aromatic carbocycles. The minimum atomic E-state index is -0.342. The van der Waals surface area contributed by atoms with Gasteiger partial charge in [0.2, 0.25) is 0 Å². The standard InChI is InChI=1S/C22H21ClN2O2S2/c1-3-27-22(26)15(2)29-20-13-18(14-28-19-11-9-17(23)10-12-19)24-21(25-20)16-7-5-4-6-8-16/h4-13,15H,3,14H2,1-2H3/t15-/m0/s1. The van der Waals surface area contributed by atoms with Gasteiger partial charge in [0.15, 0.2) is 5.82 Å². The smallest absolute Gasteiger partial charge is 0.319 e. The maximum atomic E-state index is 12.0. The molecule has 1 heterocycles. The van der Waals surface area contributed by atoms with Crippen LogP contribution in [0.2, 0.25) is 5.02 Å². The van der Waals surface area contributed by atoms with E-state index in [-0.39, 0.29) is 11.2 Å². The van der Waals surface area contributed by atoms with Crippen molar-refractivity contribution in [3.63, 3.8) is 0 Å². The normalized spacial score (nSPS) is 11.8. The van der Waals surface area contributed by atoms with Gasteiger partial charge < -0.3 is 4.74 Å². The van der Waals surface area contributed by atoms with Crippen LogP contribution in [-0.2, 0) is 15.3 Å². The summed E-state index contributed by atoms with van der Waals surface area (Å²) in [5, 5.41) is 1.13. The highest BCUT2D eigenvalue weighted by Crippen LogP contribution is 2.29. The zero-order valence-corrected chi connectivity index (χ0v) is 18.6. The Morgan fingerprint density at radius 3 is 2.52 bits per heavy atom. The molecular formula is C22H21ClN2O2S2. The molecule has 29 heavy (non-hydrogen) atoms. The molecule has 0 saturated heterocycles. The van der Waals surface area contributed by atoms with Crippen molar-refractivity contribution >= 4 is 41.1 Å². The summed E-state index contributed by atoms with van der Waals surface area (Å²) in [6.45, 7) is 4.00. The summed E-state index contributed by atoms with van der Waals surface area (Å²) in [7, 11) is 0. The molecule has 0 spiro atoms. The van der Waals surface area contributed by atoms with E-state index in [0.29, 0.717) is 18.2 Å². The van der Waals surface area contributed by atoms with Crippen molar-refractivity contribution in [1.29, 1.82) is 0 Å². The van der Waals surface area contributed by atoms with Crippen molar-refractivity contribution in [2.45, 2.75) is 34.8 Å². The quantitative estimate of drug-likeness (QED) is 0.236. The van der Waals surface area contributed by atoms with Crippen LogP contribution in [0.1, 0.15) is 19.5 Å². The number of nitrogens with zero attached hydrogens (tertiary/aromatic N) is 2. The van der Waals surface area contributed by atoms with E-state index in [4.69, 9.17) is 21.3 Å². The van der Waals surface area contributed by atoms with Gasteiger partial charge in [-0.15, -0.1) is 11.8 Å². The number of rotatable bonds is 8. The zero-order chi connectivity index (χ0) is 20.6. The topological polar surface area (TPSA) is 52.1 Å². The average Bonchev–Trinajstić information content (AvgIpc) is 2.74. The molecule has 7 heteroatoms. The number of esters is 1. The molecule has 1 atom stereocenters. The second-order valence-corrected chi connectivity index (χ2v) is 8.99. The lowest BCUT2D eigenvalue weighted by molar-refractivity contribution is -0.142. The Morgan fingerprint density at radius 2 is 1.83 bits per heavy atom. The summed E-state index contributed by atoms with van der Waals surface area (Å²) in [5.41, 5.74) is 1.84. The first-order valence-electron chi connectivity index (χ1n) is 9.20. The van der Waals surface area contributed by atoms with E-state index in [1.54, 1.807) is 18.7 Å². The molecule has 3 rings (SSSR count). The number of carbonyl (C=O) groups excluding carboxylic acids is 1. The number of halogens is 1. The van der Waals surface area contributed by atoms with Crippen LogP contribution >= 0.6 is 35.1 Å². The van der Waals surface area contributed by atoms with E-state index in [0.717, 1.165) is 26.2 Å². The van der Waals surface area contributed by atoms with E-state index < -0.39 is 0 Å². The van der Waals surface area contributed by atoms with Gasteiger partial charge in [0.25, 0.3) is 0 Å². The lowest BCUT2D eigenvalue weighted by Gasteiger charge is -2.12. The molecule has 0 amide bonds. The van der Waals surface area contributed by atoms with Crippen molar-refractivity contribution < 1.29 is 9.53 Å². The van der Waals surface area contributed by atoms with Crippen molar-refractivity contribution in [3.05, 3.63) is 71.4 Å². The average molecular weight is 445 g/mol. The third kappa shape index (κ3) is 6.49. The van der Waals surface area contributed by atoms with E-state index in [1.165, 1.54) is 11.8 Å². The number of hydrogen-bond donors (Lipinski definition) is 0. The predicted molar refractivity (Wildman–Crippen MR) is 120 cm³/mol. The van der Waals surface area contributed by atoms with E-state index in [9.17, 15) is 4.79 Å². The molecule has 1 aromatic heterocycles. The molecule has 0 unspecified atom stereocenters. The molecule has 150 valence electrons. The predicted octanol–water partition coefficient (Wildman–Crippen LogP) is 6.13. The van der Waals surface area contributed by atoms with Crippen LogP contribution in [0.15, 0.2) is 70.6 Å². The number of ether oxygens (including phenoxy) is 1. The van der Waals surface area contributed by atoms with Gasteiger partial charge in [0.05, 0.1) is 12.3 Å². The maximum Gasteiger partial charge on any atom is 0.319 e. The van der Waals surface area contributed by atoms with E-state index >= 15 is 0 Å². The first-order valence-corrected chi connectivity index (χ1v) is 11.4. The molecule has 0 N–H and O–H groups in total. The SMILES string of the molecule is CCOC(=O)[C@H](C)Sc1cc(CSc2ccc(Cl)cc2)nc(-c2ccccc2)n1. The maximum absolute atomic E-state index is 12.0. The molecule has 4 nitrogen and oxygen atoms in total. The Bertz CT molecular complexity index is 953. The van der Waals surface area contributed by atoms with Crippen LogP contribution in [0.25, 0.3) is 11.4 Å². The zero-order valence-electron chi connectivity index (χ0n) is 16.2. The lowest BCUT2D eigenvalue weighted by Crippen LogP contribution is -2.17. The molecule has 0 saturated carbocycles. The molecule has 0 aliphatic heterocycles. The molecule has 3 aromatic rings. The lowest BCUT2D eigenvalue weighted by atomic mass is 10.2. The van der Waals surface area contributed by atoms with Gasteiger partial charge in [-0.1, -0.05) is 53.7 Å². The van der Waals surface area contributed by atoms with Crippen molar-refractivity contribution in [1.82, 2.24) is 9.97 Å². The van der Waals surface area contributed by atoms with Crippen LogP contribution in [-0.4, -0.2) is 27.8 Å². The second-order valence-electron chi connectivity index (χ2n) is 6.14. The van der Waals surface area contributed by atoms with E-state index in [2.05, 4.69) is 4.98 Å². The van der Waals surface area contributed by atoms with Crippen LogP contribution < -0.4 is 0 Å². The Kier molecular flexibility index (Phi) is 7.98. The summed E-state index contributed by atoms with van der Waals surface area (Å²) < 4.78 is 5.12. The fourth-order valence-electron chi connectivity index (χ4n) is 2.50. The van der Waals surface area contributed by atoms with Crippen LogP contribution in [0, 0.1) is 0 Å². The first-order chi connectivity index (χ1) is 14.0. The number of benzene rings is 2. The summed E-state index contributed by atoms with van der Waals surface area (Å²) in [4.78, 5) is 22.5. The fourth-order valence-corrected chi connectivity index (χ4v) is 4.29. The minimum absolute atomic E-state index is 0.241. The second kappa shape index (κ2) is 10.7. The third-order valence-corrected chi connectivity index (χ3v) is 6.20.